The number of fused-ring (bicyclic) bond motifs is 1. The molecule has 1 aromatic carbocycles. The number of carbonyl (C=O) groups is 3. The number of amides is 3. The van der Waals surface area contributed by atoms with Crippen molar-refractivity contribution in [2.45, 2.75) is 32.0 Å². The fourth-order valence-corrected chi connectivity index (χ4v) is 4.02. The molecule has 0 aliphatic carbocycles. The lowest BCUT2D eigenvalue weighted by Crippen LogP contribution is -2.52. The van der Waals surface area contributed by atoms with Crippen molar-refractivity contribution in [3.63, 3.8) is 0 Å². The molecule has 3 amide bonds. The van der Waals surface area contributed by atoms with Crippen LogP contribution in [0, 0.1) is 5.92 Å². The molecule has 0 aromatic heterocycles. The number of imide groups is 1. The molecule has 1 aromatic rings. The summed E-state index contributed by atoms with van der Waals surface area (Å²) in [6, 6.07) is 5.40. The van der Waals surface area contributed by atoms with Crippen molar-refractivity contribution in [3.05, 3.63) is 34.9 Å². The molecule has 0 bridgehead atoms. The van der Waals surface area contributed by atoms with Gasteiger partial charge in [-0.1, -0.05) is 12.1 Å². The van der Waals surface area contributed by atoms with Gasteiger partial charge in [0, 0.05) is 44.7 Å². The molecule has 1 unspecified atom stereocenters. The molecule has 4 rings (SSSR count). The third-order valence-corrected chi connectivity index (χ3v) is 5.48. The molecule has 26 heavy (non-hydrogen) atoms. The Morgan fingerprint density at radius 1 is 1.23 bits per heavy atom. The number of nitrogens with one attached hydrogen (secondary N) is 2. The summed E-state index contributed by atoms with van der Waals surface area (Å²) in [6.07, 6.45) is 0.679. The maximum absolute atomic E-state index is 12.7. The van der Waals surface area contributed by atoms with E-state index in [0.29, 0.717) is 18.5 Å². The standard InChI is InChI=1S/C19H24N4O3/c1-22(10-13-7-20-8-13)9-12-2-3-15-14(6-12)11-23(19(15)26)16-4-5-17(24)21-18(16)25/h2-3,6,13,16,20H,4-5,7-11H2,1H3,(H,21,24,25). The molecule has 1 atom stereocenters. The van der Waals surface area contributed by atoms with Crippen molar-refractivity contribution < 1.29 is 14.4 Å². The second-order valence-electron chi connectivity index (χ2n) is 7.61. The molecular weight excluding hydrogens is 332 g/mol. The minimum Gasteiger partial charge on any atom is -0.322 e. The number of nitrogens with zero attached hydrogens (tertiary/aromatic N) is 2. The normalized spacial score (nSPS) is 23.2. The zero-order chi connectivity index (χ0) is 18.3. The lowest BCUT2D eigenvalue weighted by atomic mass is 10.0. The van der Waals surface area contributed by atoms with Crippen LogP contribution in [0.25, 0.3) is 0 Å². The lowest BCUT2D eigenvalue weighted by molar-refractivity contribution is -0.136. The summed E-state index contributed by atoms with van der Waals surface area (Å²) in [6.45, 7) is 4.51. The van der Waals surface area contributed by atoms with E-state index in [9.17, 15) is 14.4 Å². The van der Waals surface area contributed by atoms with Gasteiger partial charge in [-0.2, -0.15) is 0 Å². The monoisotopic (exact) mass is 356 g/mol. The summed E-state index contributed by atoms with van der Waals surface area (Å²) in [7, 11) is 2.12. The molecule has 7 nitrogen and oxygen atoms in total. The van der Waals surface area contributed by atoms with E-state index in [4.69, 9.17) is 0 Å². The topological polar surface area (TPSA) is 81.8 Å². The Morgan fingerprint density at radius 3 is 2.73 bits per heavy atom. The summed E-state index contributed by atoms with van der Waals surface area (Å²) in [5.41, 5.74) is 2.82. The van der Waals surface area contributed by atoms with E-state index in [2.05, 4.69) is 28.6 Å². The second-order valence-corrected chi connectivity index (χ2v) is 7.61. The van der Waals surface area contributed by atoms with Gasteiger partial charge in [0.2, 0.25) is 11.8 Å². The average Bonchev–Trinajstić information content (AvgIpc) is 2.87. The predicted octanol–water partition coefficient (Wildman–Crippen LogP) is 0.0988. The number of rotatable bonds is 5. The molecule has 2 fully saturated rings. The summed E-state index contributed by atoms with van der Waals surface area (Å²) in [5, 5.41) is 5.62. The number of benzene rings is 1. The predicted molar refractivity (Wildman–Crippen MR) is 95.2 cm³/mol. The van der Waals surface area contributed by atoms with Crippen LogP contribution in [-0.4, -0.2) is 60.2 Å². The summed E-state index contributed by atoms with van der Waals surface area (Å²) < 4.78 is 0. The van der Waals surface area contributed by atoms with E-state index in [1.165, 1.54) is 5.56 Å². The van der Waals surface area contributed by atoms with Crippen LogP contribution in [-0.2, 0) is 22.7 Å². The van der Waals surface area contributed by atoms with Gasteiger partial charge in [0.05, 0.1) is 0 Å². The van der Waals surface area contributed by atoms with Crippen molar-refractivity contribution in [2.75, 3.05) is 26.7 Å². The van der Waals surface area contributed by atoms with E-state index in [1.54, 1.807) is 4.90 Å². The highest BCUT2D eigenvalue weighted by Crippen LogP contribution is 2.28. The van der Waals surface area contributed by atoms with Crippen molar-refractivity contribution in [1.29, 1.82) is 0 Å². The Kier molecular flexibility index (Phi) is 4.50. The second kappa shape index (κ2) is 6.81. The van der Waals surface area contributed by atoms with Crippen LogP contribution in [0.15, 0.2) is 18.2 Å². The molecule has 138 valence electrons. The lowest BCUT2D eigenvalue weighted by Gasteiger charge is -2.31. The number of hydrogen-bond donors (Lipinski definition) is 2. The zero-order valence-electron chi connectivity index (χ0n) is 15.0. The van der Waals surface area contributed by atoms with Gasteiger partial charge in [-0.05, 0) is 36.6 Å². The average molecular weight is 356 g/mol. The molecule has 2 saturated heterocycles. The van der Waals surface area contributed by atoms with E-state index in [0.717, 1.165) is 37.7 Å². The highest BCUT2D eigenvalue weighted by molar-refractivity contribution is 6.05. The van der Waals surface area contributed by atoms with Crippen LogP contribution in [0.1, 0.15) is 34.3 Å². The van der Waals surface area contributed by atoms with E-state index >= 15 is 0 Å². The first-order chi connectivity index (χ1) is 12.5. The van der Waals surface area contributed by atoms with Gasteiger partial charge in [0.25, 0.3) is 5.91 Å². The van der Waals surface area contributed by atoms with E-state index in [1.807, 2.05) is 12.1 Å². The van der Waals surface area contributed by atoms with Crippen molar-refractivity contribution >= 4 is 17.7 Å². The van der Waals surface area contributed by atoms with Gasteiger partial charge in [-0.3, -0.25) is 19.7 Å². The first kappa shape index (κ1) is 17.2. The third kappa shape index (κ3) is 3.24. The Balaban J connectivity index is 1.44. The summed E-state index contributed by atoms with van der Waals surface area (Å²) in [5.74, 6) is -0.0205. The Hall–Kier alpha value is -2.25. The Bertz CT molecular complexity index is 759. The van der Waals surface area contributed by atoms with Gasteiger partial charge in [-0.15, -0.1) is 0 Å². The maximum atomic E-state index is 12.7. The SMILES string of the molecule is CN(Cc1ccc2c(c1)CN(C1CCC(=O)NC1=O)C2=O)CC1CNC1. The molecule has 0 radical (unpaired) electrons. The number of carbonyl (C=O) groups excluding carboxylic acids is 3. The maximum Gasteiger partial charge on any atom is 0.255 e. The highest BCUT2D eigenvalue weighted by Gasteiger charge is 2.39. The van der Waals surface area contributed by atoms with Crippen LogP contribution in [0.4, 0.5) is 0 Å². The Labute approximate surface area is 152 Å². The summed E-state index contributed by atoms with van der Waals surface area (Å²) >= 11 is 0. The third-order valence-electron chi connectivity index (χ3n) is 5.48. The zero-order valence-corrected chi connectivity index (χ0v) is 15.0. The van der Waals surface area contributed by atoms with Crippen LogP contribution < -0.4 is 10.6 Å². The van der Waals surface area contributed by atoms with Gasteiger partial charge in [0.15, 0.2) is 0 Å². The molecule has 3 heterocycles. The van der Waals surface area contributed by atoms with Crippen LogP contribution >= 0.6 is 0 Å². The molecule has 0 saturated carbocycles. The number of hydrogen-bond acceptors (Lipinski definition) is 5. The van der Waals surface area contributed by atoms with Crippen LogP contribution in [0.3, 0.4) is 0 Å². The first-order valence-corrected chi connectivity index (χ1v) is 9.17. The van der Waals surface area contributed by atoms with Crippen LogP contribution in [0.5, 0.6) is 0 Å². The largest absolute Gasteiger partial charge is 0.322 e. The smallest absolute Gasteiger partial charge is 0.255 e. The molecule has 3 aliphatic heterocycles. The van der Waals surface area contributed by atoms with E-state index in [-0.39, 0.29) is 24.1 Å². The minimum absolute atomic E-state index is 0.116. The molecule has 7 heteroatoms. The summed E-state index contributed by atoms with van der Waals surface area (Å²) in [4.78, 5) is 40.0. The first-order valence-electron chi connectivity index (χ1n) is 9.17. The van der Waals surface area contributed by atoms with Crippen molar-refractivity contribution in [1.82, 2.24) is 20.4 Å². The highest BCUT2D eigenvalue weighted by atomic mass is 16.2. The van der Waals surface area contributed by atoms with Crippen molar-refractivity contribution in [3.8, 4) is 0 Å². The molecule has 3 aliphatic rings. The Morgan fingerprint density at radius 2 is 2.04 bits per heavy atom. The van der Waals surface area contributed by atoms with Gasteiger partial charge in [-0.25, -0.2) is 0 Å². The van der Waals surface area contributed by atoms with E-state index < -0.39 is 6.04 Å². The van der Waals surface area contributed by atoms with Gasteiger partial charge in [0.1, 0.15) is 6.04 Å². The van der Waals surface area contributed by atoms with Gasteiger partial charge >= 0.3 is 0 Å². The molecule has 0 spiro atoms. The van der Waals surface area contributed by atoms with Gasteiger partial charge < -0.3 is 15.1 Å². The van der Waals surface area contributed by atoms with Crippen LogP contribution in [0.2, 0.25) is 0 Å². The quantitative estimate of drug-likeness (QED) is 0.732. The fourth-order valence-electron chi connectivity index (χ4n) is 4.02. The number of piperidine rings is 1. The minimum atomic E-state index is -0.551. The molecular formula is C19H24N4O3. The molecule has 2 N–H and O–H groups in total. The van der Waals surface area contributed by atoms with Crippen molar-refractivity contribution in [2.24, 2.45) is 5.92 Å². The fraction of sp³-hybridized carbons (Fsp3) is 0.526.